The molecule has 2 unspecified atom stereocenters. The molecule has 3 aliphatic heterocycles. The lowest BCUT2D eigenvalue weighted by Crippen LogP contribution is -2.29. The molecule has 0 nitrogen and oxygen atoms in total. The molecule has 3 rings (SSSR count). The Kier molecular flexibility index (Phi) is 6.61. The summed E-state index contributed by atoms with van der Waals surface area (Å²) in [5.41, 5.74) is 0. The Hall–Kier alpha value is 2.10. The lowest BCUT2D eigenvalue weighted by atomic mass is 10.5. The standard InChI is InChI=1S/C12H20S6.H2/c1-9(2-13-1)15-5-11-7-18-12(8-17-11)6-16-10-3-14-4-10;/h9-12H,1-8H2;1H. The van der Waals surface area contributed by atoms with Crippen molar-refractivity contribution in [3.05, 3.63) is 0 Å². The molecule has 3 saturated heterocycles. The van der Waals surface area contributed by atoms with Gasteiger partial charge in [0.2, 0.25) is 0 Å². The molecule has 0 radical (unpaired) electrons. The van der Waals surface area contributed by atoms with Crippen LogP contribution in [0.15, 0.2) is 0 Å². The van der Waals surface area contributed by atoms with Crippen LogP contribution in [0.5, 0.6) is 0 Å². The maximum atomic E-state index is 2.26. The summed E-state index contributed by atoms with van der Waals surface area (Å²) in [7, 11) is 0. The topological polar surface area (TPSA) is 0 Å². The maximum absolute atomic E-state index is 2.26. The van der Waals surface area contributed by atoms with Gasteiger partial charge in [-0.05, 0) is 0 Å². The third kappa shape index (κ3) is 4.55. The Morgan fingerprint density at radius 2 is 1.17 bits per heavy atom. The van der Waals surface area contributed by atoms with Crippen LogP contribution in [0.2, 0.25) is 0 Å². The zero-order chi connectivity index (χ0) is 12.2. The average molecular weight is 359 g/mol. The molecule has 0 spiro atoms. The summed E-state index contributed by atoms with van der Waals surface area (Å²) in [6.45, 7) is 0. The van der Waals surface area contributed by atoms with Crippen LogP contribution < -0.4 is 0 Å². The minimum absolute atomic E-state index is 0. The summed E-state index contributed by atoms with van der Waals surface area (Å²) in [4.78, 5) is 0. The van der Waals surface area contributed by atoms with Crippen molar-refractivity contribution in [2.45, 2.75) is 21.0 Å². The van der Waals surface area contributed by atoms with Gasteiger partial charge in [-0.15, -0.1) is 0 Å². The van der Waals surface area contributed by atoms with Crippen LogP contribution in [0.1, 0.15) is 1.43 Å². The lowest BCUT2D eigenvalue weighted by molar-refractivity contribution is 1.03. The zero-order valence-corrected chi connectivity index (χ0v) is 15.3. The van der Waals surface area contributed by atoms with Gasteiger partial charge in [0.1, 0.15) is 0 Å². The number of hydrogen-bond acceptors (Lipinski definition) is 6. The molecule has 18 heavy (non-hydrogen) atoms. The highest BCUT2D eigenvalue weighted by Gasteiger charge is 2.26. The van der Waals surface area contributed by atoms with Gasteiger partial charge in [-0.2, -0.15) is 70.6 Å². The van der Waals surface area contributed by atoms with E-state index in [9.17, 15) is 0 Å². The summed E-state index contributed by atoms with van der Waals surface area (Å²) < 4.78 is 0. The fourth-order valence-corrected chi connectivity index (χ4v) is 10.6. The molecule has 3 fully saturated rings. The zero-order valence-electron chi connectivity index (χ0n) is 10.4. The van der Waals surface area contributed by atoms with E-state index in [2.05, 4.69) is 70.6 Å². The first kappa shape index (κ1) is 15.0. The lowest BCUT2D eigenvalue weighted by Gasteiger charge is -2.32. The largest absolute Gasteiger partial charge is 0.160 e. The number of thioether (sulfide) groups is 6. The third-order valence-corrected chi connectivity index (χ3v) is 13.1. The molecule has 3 aliphatic rings. The van der Waals surface area contributed by atoms with E-state index in [0.717, 1.165) is 21.0 Å². The Balaban J connectivity index is 0.00000133. The van der Waals surface area contributed by atoms with E-state index in [4.69, 9.17) is 0 Å². The molecule has 2 atom stereocenters. The van der Waals surface area contributed by atoms with Crippen LogP contribution in [0.25, 0.3) is 0 Å². The molecule has 0 aromatic heterocycles. The summed E-state index contributed by atoms with van der Waals surface area (Å²) in [6.07, 6.45) is 0. The molecular weight excluding hydrogens is 337 g/mol. The third-order valence-electron chi connectivity index (χ3n) is 3.29. The summed E-state index contributed by atoms with van der Waals surface area (Å²) in [6, 6.07) is 0. The van der Waals surface area contributed by atoms with Crippen molar-refractivity contribution in [3.8, 4) is 0 Å². The minimum atomic E-state index is 0. The summed E-state index contributed by atoms with van der Waals surface area (Å²) in [5.74, 6) is 11.3. The Bertz CT molecular complexity index is 225. The van der Waals surface area contributed by atoms with E-state index < -0.39 is 0 Å². The molecule has 0 saturated carbocycles. The van der Waals surface area contributed by atoms with Crippen LogP contribution in [0.3, 0.4) is 0 Å². The van der Waals surface area contributed by atoms with Crippen molar-refractivity contribution in [2.75, 3.05) is 46.0 Å². The highest BCUT2D eigenvalue weighted by molar-refractivity contribution is 8.11. The number of hydrogen-bond donors (Lipinski definition) is 0. The Labute approximate surface area is 138 Å². The minimum Gasteiger partial charge on any atom is -0.160 e. The van der Waals surface area contributed by atoms with Crippen LogP contribution in [0, 0.1) is 0 Å². The van der Waals surface area contributed by atoms with Crippen molar-refractivity contribution in [2.24, 2.45) is 0 Å². The molecule has 0 amide bonds. The quantitative estimate of drug-likeness (QED) is 0.694. The smallest absolute Gasteiger partial charge is 0.0229 e. The number of rotatable bonds is 6. The molecule has 0 aliphatic carbocycles. The van der Waals surface area contributed by atoms with E-state index in [1.54, 1.807) is 0 Å². The van der Waals surface area contributed by atoms with Gasteiger partial charge in [0.25, 0.3) is 0 Å². The highest BCUT2D eigenvalue weighted by Crippen LogP contribution is 2.38. The van der Waals surface area contributed by atoms with Crippen molar-refractivity contribution in [1.29, 1.82) is 0 Å². The fraction of sp³-hybridized carbons (Fsp3) is 1.00. The van der Waals surface area contributed by atoms with E-state index >= 15 is 0 Å². The van der Waals surface area contributed by atoms with Crippen molar-refractivity contribution >= 4 is 70.6 Å². The van der Waals surface area contributed by atoms with Gasteiger partial charge in [-0.3, -0.25) is 0 Å². The van der Waals surface area contributed by atoms with Gasteiger partial charge >= 0.3 is 0 Å². The van der Waals surface area contributed by atoms with Gasteiger partial charge in [-0.25, -0.2) is 0 Å². The fourth-order valence-electron chi connectivity index (χ4n) is 1.88. The Morgan fingerprint density at radius 3 is 1.44 bits per heavy atom. The van der Waals surface area contributed by atoms with Crippen molar-refractivity contribution in [1.82, 2.24) is 0 Å². The molecule has 0 aromatic rings. The van der Waals surface area contributed by atoms with E-state index in [1.807, 2.05) is 0 Å². The van der Waals surface area contributed by atoms with Gasteiger partial charge in [-0.1, -0.05) is 0 Å². The van der Waals surface area contributed by atoms with E-state index in [-0.39, 0.29) is 1.43 Å². The Morgan fingerprint density at radius 1 is 0.722 bits per heavy atom. The van der Waals surface area contributed by atoms with Crippen molar-refractivity contribution < 1.29 is 1.43 Å². The van der Waals surface area contributed by atoms with Crippen LogP contribution in [0.4, 0.5) is 0 Å². The predicted octanol–water partition coefficient (Wildman–Crippen LogP) is 4.15. The summed E-state index contributed by atoms with van der Waals surface area (Å²) in [5, 5.41) is 3.85. The second kappa shape index (κ2) is 7.92. The maximum Gasteiger partial charge on any atom is 0.0229 e. The first-order valence-electron chi connectivity index (χ1n) is 6.52. The molecule has 3 heterocycles. The van der Waals surface area contributed by atoms with Crippen LogP contribution in [-0.2, 0) is 0 Å². The van der Waals surface area contributed by atoms with E-state index in [1.165, 1.54) is 46.0 Å². The van der Waals surface area contributed by atoms with Gasteiger partial charge in [0.05, 0.1) is 0 Å². The monoisotopic (exact) mass is 358 g/mol. The van der Waals surface area contributed by atoms with E-state index in [0.29, 0.717) is 0 Å². The normalized spacial score (nSPS) is 34.0. The van der Waals surface area contributed by atoms with Crippen LogP contribution >= 0.6 is 70.6 Å². The molecule has 0 N–H and O–H groups in total. The van der Waals surface area contributed by atoms with Crippen LogP contribution in [-0.4, -0.2) is 67.0 Å². The molecule has 6 heteroatoms. The second-order valence-corrected chi connectivity index (χ2v) is 12.4. The molecule has 106 valence electrons. The molecule has 0 aromatic carbocycles. The van der Waals surface area contributed by atoms with Gasteiger partial charge in [0, 0.05) is 68.4 Å². The molecule has 0 bridgehead atoms. The summed E-state index contributed by atoms with van der Waals surface area (Å²) >= 11 is 13.2. The highest BCUT2D eigenvalue weighted by atomic mass is 32.2. The first-order chi connectivity index (χ1) is 8.90. The predicted molar refractivity (Wildman–Crippen MR) is 102 cm³/mol. The van der Waals surface area contributed by atoms with Gasteiger partial charge in [0.15, 0.2) is 0 Å². The first-order valence-corrected chi connectivity index (χ1v) is 13.0. The van der Waals surface area contributed by atoms with Crippen molar-refractivity contribution in [3.63, 3.8) is 0 Å². The molecular formula is C12H22S6. The van der Waals surface area contributed by atoms with Gasteiger partial charge < -0.3 is 0 Å². The average Bonchev–Trinajstić information content (AvgIpc) is 2.27. The SMILES string of the molecule is C1SCC1SCC1CSC(CSC2CSC2)CS1.[HH]. The second-order valence-electron chi connectivity index (χ2n) is 4.90.